The Morgan fingerprint density at radius 2 is 1.74 bits per heavy atom. The zero-order valence-electron chi connectivity index (χ0n) is 16.3. The first-order chi connectivity index (χ1) is 13.1. The van der Waals surface area contributed by atoms with Crippen molar-refractivity contribution in [2.75, 3.05) is 18.5 Å². The first-order valence-corrected chi connectivity index (χ1v) is 9.96. The highest BCUT2D eigenvalue weighted by atomic mass is 16.5. The second-order valence-electron chi connectivity index (χ2n) is 7.37. The number of hydrogen-bond donors (Lipinski definition) is 2. The molecule has 3 rings (SSSR count). The summed E-state index contributed by atoms with van der Waals surface area (Å²) in [5, 5.41) is 6.48. The monoisotopic (exact) mass is 366 g/mol. The quantitative estimate of drug-likeness (QED) is 0.722. The largest absolute Gasteiger partial charge is 0.492 e. The molecule has 4 heteroatoms. The maximum atomic E-state index is 12.7. The molecule has 1 fully saturated rings. The van der Waals surface area contributed by atoms with Crippen molar-refractivity contribution in [3.8, 4) is 5.75 Å². The average Bonchev–Trinajstić information content (AvgIpc) is 3.19. The van der Waals surface area contributed by atoms with Gasteiger partial charge in [-0.1, -0.05) is 55.3 Å². The third-order valence-corrected chi connectivity index (χ3v) is 5.53. The summed E-state index contributed by atoms with van der Waals surface area (Å²) in [6.45, 7) is 5.25. The molecule has 0 aliphatic heterocycles. The van der Waals surface area contributed by atoms with E-state index >= 15 is 0 Å². The van der Waals surface area contributed by atoms with Crippen LogP contribution in [0.5, 0.6) is 5.75 Å². The molecule has 144 valence electrons. The zero-order valence-corrected chi connectivity index (χ0v) is 16.3. The number of nitrogens with one attached hydrogen (secondary N) is 2. The summed E-state index contributed by atoms with van der Waals surface area (Å²) in [5.41, 5.74) is 2.24. The van der Waals surface area contributed by atoms with Crippen LogP contribution in [0.2, 0.25) is 0 Å². The van der Waals surface area contributed by atoms with E-state index in [4.69, 9.17) is 4.74 Å². The van der Waals surface area contributed by atoms with Crippen LogP contribution >= 0.6 is 0 Å². The van der Waals surface area contributed by atoms with Gasteiger partial charge in [-0.25, -0.2) is 0 Å². The van der Waals surface area contributed by atoms with Crippen molar-refractivity contribution in [1.82, 2.24) is 5.32 Å². The molecule has 1 aliphatic carbocycles. The van der Waals surface area contributed by atoms with E-state index < -0.39 is 0 Å². The van der Waals surface area contributed by atoms with Crippen LogP contribution in [0.25, 0.3) is 0 Å². The highest BCUT2D eigenvalue weighted by Crippen LogP contribution is 2.40. The second-order valence-corrected chi connectivity index (χ2v) is 7.37. The van der Waals surface area contributed by atoms with Crippen molar-refractivity contribution in [1.29, 1.82) is 0 Å². The summed E-state index contributed by atoms with van der Waals surface area (Å²) >= 11 is 0. The smallest absolute Gasteiger partial charge is 0.241 e. The summed E-state index contributed by atoms with van der Waals surface area (Å²) in [4.78, 5) is 12.7. The predicted octanol–water partition coefficient (Wildman–Crippen LogP) is 4.51. The summed E-state index contributed by atoms with van der Waals surface area (Å²) in [5.74, 6) is 0.667. The van der Waals surface area contributed by atoms with Gasteiger partial charge in [0.2, 0.25) is 5.91 Å². The van der Waals surface area contributed by atoms with Crippen LogP contribution in [0.1, 0.15) is 45.1 Å². The Morgan fingerprint density at radius 3 is 2.44 bits per heavy atom. The molecule has 1 atom stereocenters. The third kappa shape index (κ3) is 4.69. The first kappa shape index (κ1) is 19.4. The number of ether oxygens (including phenoxy) is 1. The van der Waals surface area contributed by atoms with Gasteiger partial charge >= 0.3 is 0 Å². The van der Waals surface area contributed by atoms with E-state index in [0.717, 1.165) is 12.2 Å². The summed E-state index contributed by atoms with van der Waals surface area (Å²) in [6, 6.07) is 18.0. The summed E-state index contributed by atoms with van der Waals surface area (Å²) in [6.07, 6.45) is 4.84. The number of benzene rings is 2. The summed E-state index contributed by atoms with van der Waals surface area (Å²) < 4.78 is 5.60. The fourth-order valence-electron chi connectivity index (χ4n) is 3.94. The Labute approximate surface area is 162 Å². The van der Waals surface area contributed by atoms with Crippen molar-refractivity contribution in [2.24, 2.45) is 0 Å². The van der Waals surface area contributed by atoms with Crippen molar-refractivity contribution < 1.29 is 9.53 Å². The van der Waals surface area contributed by atoms with E-state index in [9.17, 15) is 4.79 Å². The number of carbonyl (C=O) groups is 1. The lowest BCUT2D eigenvalue weighted by molar-refractivity contribution is -0.117. The number of amides is 1. The molecule has 2 N–H and O–H groups in total. The average molecular weight is 367 g/mol. The van der Waals surface area contributed by atoms with Crippen LogP contribution in [-0.2, 0) is 10.2 Å². The molecule has 2 aromatic rings. The molecule has 0 aromatic heterocycles. The minimum Gasteiger partial charge on any atom is -0.492 e. The fourth-order valence-corrected chi connectivity index (χ4v) is 3.94. The van der Waals surface area contributed by atoms with Crippen LogP contribution in [0.15, 0.2) is 54.6 Å². The highest BCUT2D eigenvalue weighted by molar-refractivity contribution is 5.95. The molecule has 0 bridgehead atoms. The number of carbonyl (C=O) groups excluding carboxylic acids is 1. The molecule has 4 nitrogen and oxygen atoms in total. The normalized spacial score (nSPS) is 16.7. The molecule has 1 aliphatic rings. The van der Waals surface area contributed by atoms with E-state index in [1.165, 1.54) is 31.2 Å². The lowest BCUT2D eigenvalue weighted by Gasteiger charge is -2.31. The van der Waals surface area contributed by atoms with E-state index in [1.54, 1.807) is 0 Å². The molecule has 0 heterocycles. The molecule has 2 aromatic carbocycles. The van der Waals surface area contributed by atoms with Gasteiger partial charge in [-0.2, -0.15) is 0 Å². The Kier molecular flexibility index (Phi) is 6.51. The van der Waals surface area contributed by atoms with E-state index in [-0.39, 0.29) is 17.4 Å². The van der Waals surface area contributed by atoms with Crippen molar-refractivity contribution in [3.05, 3.63) is 60.2 Å². The third-order valence-electron chi connectivity index (χ3n) is 5.53. The van der Waals surface area contributed by atoms with Gasteiger partial charge in [0.1, 0.15) is 5.75 Å². The van der Waals surface area contributed by atoms with Gasteiger partial charge in [-0.15, -0.1) is 0 Å². The van der Waals surface area contributed by atoms with E-state index in [0.29, 0.717) is 12.4 Å². The zero-order chi connectivity index (χ0) is 19.1. The highest BCUT2D eigenvalue weighted by Gasteiger charge is 2.35. The van der Waals surface area contributed by atoms with Crippen LogP contribution in [0.4, 0.5) is 5.69 Å². The maximum Gasteiger partial charge on any atom is 0.241 e. The molecule has 1 unspecified atom stereocenters. The Morgan fingerprint density at radius 1 is 1.07 bits per heavy atom. The molecule has 1 amide bonds. The minimum atomic E-state index is -0.277. The molecule has 0 saturated heterocycles. The number of rotatable bonds is 8. The SMILES string of the molecule is CCOc1ccccc1NC(=O)C(C)NCC1(c2ccccc2)CCCC1. The molecule has 27 heavy (non-hydrogen) atoms. The van der Waals surface area contributed by atoms with Crippen LogP contribution in [0, 0.1) is 0 Å². The van der Waals surface area contributed by atoms with Gasteiger partial charge in [-0.3, -0.25) is 4.79 Å². The van der Waals surface area contributed by atoms with Crippen LogP contribution in [-0.4, -0.2) is 25.1 Å². The summed E-state index contributed by atoms with van der Waals surface area (Å²) in [7, 11) is 0. The predicted molar refractivity (Wildman–Crippen MR) is 110 cm³/mol. The Hall–Kier alpha value is -2.33. The Bertz CT molecular complexity index is 739. The number of hydrogen-bond acceptors (Lipinski definition) is 3. The van der Waals surface area contributed by atoms with E-state index in [1.807, 2.05) is 38.1 Å². The molecular formula is C23H30N2O2. The maximum absolute atomic E-state index is 12.7. The van der Waals surface area contributed by atoms with Gasteiger partial charge in [0.15, 0.2) is 0 Å². The van der Waals surface area contributed by atoms with Crippen molar-refractivity contribution in [2.45, 2.75) is 51.0 Å². The van der Waals surface area contributed by atoms with Gasteiger partial charge in [0.25, 0.3) is 0 Å². The molecule has 1 saturated carbocycles. The molecular weight excluding hydrogens is 336 g/mol. The standard InChI is InChI=1S/C23H30N2O2/c1-3-27-21-14-8-7-13-20(21)25-22(26)18(2)24-17-23(15-9-10-16-23)19-11-5-4-6-12-19/h4-8,11-14,18,24H,3,9-10,15-17H2,1-2H3,(H,25,26). The lowest BCUT2D eigenvalue weighted by Crippen LogP contribution is -2.45. The topological polar surface area (TPSA) is 50.4 Å². The Balaban J connectivity index is 1.63. The van der Waals surface area contributed by atoms with Crippen LogP contribution in [0.3, 0.4) is 0 Å². The number of para-hydroxylation sites is 2. The number of anilines is 1. The second kappa shape index (κ2) is 9.05. The van der Waals surface area contributed by atoms with Gasteiger partial charge in [0, 0.05) is 12.0 Å². The van der Waals surface area contributed by atoms with Gasteiger partial charge < -0.3 is 15.4 Å². The van der Waals surface area contributed by atoms with Gasteiger partial charge in [0.05, 0.1) is 18.3 Å². The molecule has 0 radical (unpaired) electrons. The van der Waals surface area contributed by atoms with Crippen molar-refractivity contribution >= 4 is 11.6 Å². The van der Waals surface area contributed by atoms with E-state index in [2.05, 4.69) is 41.0 Å². The van der Waals surface area contributed by atoms with Crippen molar-refractivity contribution in [3.63, 3.8) is 0 Å². The lowest BCUT2D eigenvalue weighted by atomic mass is 9.78. The fraction of sp³-hybridized carbons (Fsp3) is 0.435. The first-order valence-electron chi connectivity index (χ1n) is 9.96. The minimum absolute atomic E-state index is 0.0386. The molecule has 0 spiro atoms. The van der Waals surface area contributed by atoms with Gasteiger partial charge in [-0.05, 0) is 44.4 Å². The van der Waals surface area contributed by atoms with Crippen LogP contribution < -0.4 is 15.4 Å².